The van der Waals surface area contributed by atoms with E-state index in [0.29, 0.717) is 13.0 Å². The minimum absolute atomic E-state index is 0. The lowest BCUT2D eigenvalue weighted by atomic mass is 9.54. The second kappa shape index (κ2) is 8.75. The van der Waals surface area contributed by atoms with Gasteiger partial charge in [0.15, 0.2) is 0 Å². The van der Waals surface area contributed by atoms with Crippen molar-refractivity contribution < 1.29 is 9.53 Å². The van der Waals surface area contributed by atoms with Gasteiger partial charge in [0.2, 0.25) is 5.91 Å². The lowest BCUT2D eigenvalue weighted by Crippen LogP contribution is -2.76. The summed E-state index contributed by atoms with van der Waals surface area (Å²) in [5.41, 5.74) is 5.50. The van der Waals surface area contributed by atoms with Crippen molar-refractivity contribution in [2.24, 2.45) is 11.1 Å². The van der Waals surface area contributed by atoms with Crippen LogP contribution in [-0.4, -0.2) is 66.2 Å². The highest BCUT2D eigenvalue weighted by atomic mass is 35.5. The van der Waals surface area contributed by atoms with Gasteiger partial charge in [-0.2, -0.15) is 0 Å². The Morgan fingerprint density at radius 2 is 1.68 bits per heavy atom. The van der Waals surface area contributed by atoms with Gasteiger partial charge in [-0.1, -0.05) is 26.7 Å². The van der Waals surface area contributed by atoms with E-state index in [4.69, 9.17) is 10.5 Å². The molecule has 0 aromatic heterocycles. The molecule has 1 amide bonds. The summed E-state index contributed by atoms with van der Waals surface area (Å²) in [5.74, 6) is 0.129. The Labute approximate surface area is 164 Å². The van der Waals surface area contributed by atoms with Crippen molar-refractivity contribution in [1.82, 2.24) is 9.80 Å². The molecule has 2 atom stereocenters. The highest BCUT2D eigenvalue weighted by Crippen LogP contribution is 2.50. The van der Waals surface area contributed by atoms with Crippen molar-refractivity contribution in [3.05, 3.63) is 0 Å². The number of hydrogen-bond acceptors (Lipinski definition) is 4. The van der Waals surface area contributed by atoms with E-state index in [0.717, 1.165) is 32.2 Å². The van der Waals surface area contributed by atoms with Crippen LogP contribution in [0, 0.1) is 5.41 Å². The fourth-order valence-electron chi connectivity index (χ4n) is 4.64. The summed E-state index contributed by atoms with van der Waals surface area (Å²) in [6.07, 6.45) is 6.14. The Morgan fingerprint density at radius 1 is 1.12 bits per heavy atom. The molecule has 5 nitrogen and oxygen atoms in total. The number of rotatable bonds is 4. The second-order valence-electron chi connectivity index (χ2n) is 8.11. The second-order valence-corrected chi connectivity index (χ2v) is 8.11. The number of nitrogens with zero attached hydrogens (tertiary/aromatic N) is 2. The molecule has 1 aliphatic heterocycles. The molecule has 2 unspecified atom stereocenters. The van der Waals surface area contributed by atoms with Crippen LogP contribution in [-0.2, 0) is 9.53 Å². The molecule has 3 aliphatic rings. The van der Waals surface area contributed by atoms with E-state index in [9.17, 15) is 4.79 Å². The van der Waals surface area contributed by atoms with Gasteiger partial charge < -0.3 is 15.4 Å². The van der Waals surface area contributed by atoms with Crippen molar-refractivity contribution in [1.29, 1.82) is 0 Å². The molecule has 0 spiro atoms. The van der Waals surface area contributed by atoms with Crippen LogP contribution in [0.5, 0.6) is 0 Å². The quantitative estimate of drug-likeness (QED) is 0.793. The highest BCUT2D eigenvalue weighted by molar-refractivity contribution is 5.89. The van der Waals surface area contributed by atoms with Gasteiger partial charge in [0.25, 0.3) is 0 Å². The molecule has 1 heterocycles. The predicted molar refractivity (Wildman–Crippen MR) is 106 cm³/mol. The van der Waals surface area contributed by atoms with Crippen LogP contribution < -0.4 is 5.73 Å². The molecule has 2 saturated carbocycles. The number of halogens is 2. The molecule has 2 N–H and O–H groups in total. The molecule has 2 aliphatic carbocycles. The molecule has 3 rings (SSSR count). The molecule has 1 saturated heterocycles. The zero-order valence-electron chi connectivity index (χ0n) is 15.8. The van der Waals surface area contributed by atoms with Gasteiger partial charge in [0.1, 0.15) is 5.54 Å². The fourth-order valence-corrected chi connectivity index (χ4v) is 4.64. The maximum Gasteiger partial charge on any atom is 0.243 e. The number of ether oxygens (including phenoxy) is 1. The smallest absolute Gasteiger partial charge is 0.243 e. The molecule has 7 heteroatoms. The Kier molecular flexibility index (Phi) is 8.04. The molecular formula is C18H35Cl2N3O2. The van der Waals surface area contributed by atoms with Crippen LogP contribution >= 0.6 is 24.8 Å². The maximum atomic E-state index is 13.0. The van der Waals surface area contributed by atoms with E-state index in [-0.39, 0.29) is 42.2 Å². The normalized spacial score (nSPS) is 32.5. The Hall–Kier alpha value is -0.0700. The first-order valence-corrected chi connectivity index (χ1v) is 9.34. The average Bonchev–Trinajstić information content (AvgIpc) is 3.08. The van der Waals surface area contributed by atoms with Crippen molar-refractivity contribution in [2.75, 3.05) is 32.8 Å². The van der Waals surface area contributed by atoms with E-state index in [1.54, 1.807) is 0 Å². The number of hydrogen-bond donors (Lipinski definition) is 1. The summed E-state index contributed by atoms with van der Waals surface area (Å²) in [6, 6.07) is 0.751. The van der Waals surface area contributed by atoms with Crippen molar-refractivity contribution in [3.8, 4) is 0 Å². The summed E-state index contributed by atoms with van der Waals surface area (Å²) in [5, 5.41) is 0. The monoisotopic (exact) mass is 395 g/mol. The Bertz CT molecular complexity index is 450. The van der Waals surface area contributed by atoms with Gasteiger partial charge in [-0.25, -0.2) is 0 Å². The summed E-state index contributed by atoms with van der Waals surface area (Å²) in [6.45, 7) is 10.5. The van der Waals surface area contributed by atoms with E-state index < -0.39 is 5.54 Å². The van der Waals surface area contributed by atoms with Gasteiger partial charge in [-0.05, 0) is 19.8 Å². The van der Waals surface area contributed by atoms with E-state index >= 15 is 0 Å². The number of piperazine rings is 1. The van der Waals surface area contributed by atoms with Gasteiger partial charge >= 0.3 is 0 Å². The standard InChI is InChI=1S/C18H33N3O2.2ClH/c1-4-23-15-13-18(19,17(15,2)3)16(22)21-11-9-20(10-12-21)14-7-5-6-8-14;;/h14-15H,4-13,19H2,1-3H3;2*1H. The van der Waals surface area contributed by atoms with Crippen molar-refractivity contribution in [2.45, 2.75) is 70.6 Å². The molecule has 3 fully saturated rings. The fraction of sp³-hybridized carbons (Fsp3) is 0.944. The molecule has 25 heavy (non-hydrogen) atoms. The number of amides is 1. The van der Waals surface area contributed by atoms with Crippen LogP contribution in [0.1, 0.15) is 52.9 Å². The SMILES string of the molecule is CCOC1CC(N)(C(=O)N2CCN(C3CCCC3)CC2)C1(C)C.Cl.Cl. The molecule has 148 valence electrons. The van der Waals surface area contributed by atoms with Crippen LogP contribution in [0.2, 0.25) is 0 Å². The zero-order chi connectivity index (χ0) is 16.7. The van der Waals surface area contributed by atoms with Gasteiger partial charge in [-0.3, -0.25) is 9.69 Å². The minimum atomic E-state index is -0.762. The van der Waals surface area contributed by atoms with Gasteiger partial charge in [-0.15, -0.1) is 24.8 Å². The first-order chi connectivity index (χ1) is 10.9. The lowest BCUT2D eigenvalue weighted by molar-refractivity contribution is -0.180. The Balaban J connectivity index is 0.00000156. The summed E-state index contributed by atoms with van der Waals surface area (Å²) in [7, 11) is 0. The zero-order valence-corrected chi connectivity index (χ0v) is 17.5. The topological polar surface area (TPSA) is 58.8 Å². The number of carbonyl (C=O) groups is 1. The predicted octanol–water partition coefficient (Wildman–Crippen LogP) is 2.45. The van der Waals surface area contributed by atoms with Gasteiger partial charge in [0.05, 0.1) is 6.10 Å². The van der Waals surface area contributed by atoms with Crippen LogP contribution in [0.4, 0.5) is 0 Å². The molecule has 0 bridgehead atoms. The molecule has 0 aromatic rings. The number of nitrogens with two attached hydrogens (primary N) is 1. The molecule has 0 radical (unpaired) electrons. The summed E-state index contributed by atoms with van der Waals surface area (Å²) < 4.78 is 5.75. The lowest BCUT2D eigenvalue weighted by Gasteiger charge is -2.59. The summed E-state index contributed by atoms with van der Waals surface area (Å²) >= 11 is 0. The van der Waals surface area contributed by atoms with Crippen LogP contribution in [0.3, 0.4) is 0 Å². The largest absolute Gasteiger partial charge is 0.378 e. The van der Waals surface area contributed by atoms with Gasteiger partial charge in [0, 0.05) is 50.7 Å². The third-order valence-electron chi connectivity index (χ3n) is 6.65. The third kappa shape index (κ3) is 3.96. The average molecular weight is 396 g/mol. The van der Waals surface area contributed by atoms with Crippen molar-refractivity contribution >= 4 is 30.7 Å². The molecule has 0 aromatic carbocycles. The van der Waals surface area contributed by atoms with Crippen LogP contribution in [0.25, 0.3) is 0 Å². The third-order valence-corrected chi connectivity index (χ3v) is 6.65. The van der Waals surface area contributed by atoms with E-state index in [1.807, 2.05) is 11.8 Å². The maximum absolute atomic E-state index is 13.0. The molecular weight excluding hydrogens is 361 g/mol. The minimum Gasteiger partial charge on any atom is -0.378 e. The van der Waals surface area contributed by atoms with E-state index in [1.165, 1.54) is 25.7 Å². The summed E-state index contributed by atoms with van der Waals surface area (Å²) in [4.78, 5) is 17.6. The highest BCUT2D eigenvalue weighted by Gasteiger charge is 2.63. The van der Waals surface area contributed by atoms with Crippen LogP contribution in [0.15, 0.2) is 0 Å². The first-order valence-electron chi connectivity index (χ1n) is 9.34. The van der Waals surface area contributed by atoms with Crippen molar-refractivity contribution in [3.63, 3.8) is 0 Å². The number of carbonyl (C=O) groups excluding carboxylic acids is 1. The Morgan fingerprint density at radius 3 is 2.16 bits per heavy atom. The first kappa shape index (κ1) is 23.0. The van der Waals surface area contributed by atoms with E-state index in [2.05, 4.69) is 18.7 Å².